The molecule has 1 unspecified atom stereocenters. The van der Waals surface area contributed by atoms with Crippen LogP contribution in [0.15, 0.2) is 48.5 Å². The molecule has 0 saturated carbocycles. The summed E-state index contributed by atoms with van der Waals surface area (Å²) in [6.45, 7) is 1.98. The van der Waals surface area contributed by atoms with Gasteiger partial charge in [-0.1, -0.05) is 13.3 Å². The molecule has 0 bridgehead atoms. The van der Waals surface area contributed by atoms with Gasteiger partial charge in [-0.2, -0.15) is 0 Å². The van der Waals surface area contributed by atoms with Crippen molar-refractivity contribution in [2.45, 2.75) is 25.5 Å². The predicted molar refractivity (Wildman–Crippen MR) is 128 cm³/mol. The molecular formula is C22H23Cl3O6Si. The fraction of sp³-hybridized carbons (Fsp3) is 0.273. The lowest BCUT2D eigenvalue weighted by Gasteiger charge is -2.23. The van der Waals surface area contributed by atoms with Gasteiger partial charge in [0.25, 0.3) is 0 Å². The van der Waals surface area contributed by atoms with E-state index in [1.54, 1.807) is 48.5 Å². The summed E-state index contributed by atoms with van der Waals surface area (Å²) < 4.78 is 21.1. The number of hydrogen-bond donors (Lipinski definition) is 0. The van der Waals surface area contributed by atoms with Gasteiger partial charge in [-0.3, -0.25) is 0 Å². The van der Waals surface area contributed by atoms with Crippen LogP contribution in [-0.2, 0) is 9.53 Å². The number of carbonyl (C=O) groups excluding carboxylic acids is 2. The van der Waals surface area contributed by atoms with Crippen LogP contribution in [0.2, 0.25) is 0 Å². The van der Waals surface area contributed by atoms with E-state index >= 15 is 0 Å². The smallest absolute Gasteiger partial charge is 0.381 e. The summed E-state index contributed by atoms with van der Waals surface area (Å²) in [7, 11) is 2.76. The molecule has 0 aliphatic carbocycles. The molecule has 0 spiro atoms. The molecular weight excluding hydrogens is 495 g/mol. The summed E-state index contributed by atoms with van der Waals surface area (Å²) >= 11 is 18.3. The largest absolute Gasteiger partial charge is 0.496 e. The molecule has 2 aromatic carbocycles. The summed E-state index contributed by atoms with van der Waals surface area (Å²) in [5.74, 6) is 0.163. The van der Waals surface area contributed by atoms with Gasteiger partial charge in [0.05, 0.1) is 19.8 Å². The quantitative estimate of drug-likeness (QED) is 0.130. The number of carbonyl (C=O) groups is 2. The van der Waals surface area contributed by atoms with Gasteiger partial charge in [0, 0.05) is 17.7 Å². The summed E-state index contributed by atoms with van der Waals surface area (Å²) in [4.78, 5) is 23.8. The topological polar surface area (TPSA) is 71.1 Å². The molecule has 0 heterocycles. The van der Waals surface area contributed by atoms with Gasteiger partial charge >= 0.3 is 17.9 Å². The third-order valence-electron chi connectivity index (χ3n) is 4.30. The van der Waals surface area contributed by atoms with E-state index in [-0.39, 0.29) is 5.75 Å². The third kappa shape index (κ3) is 7.74. The minimum absolute atomic E-state index is 0.285. The second-order valence-electron chi connectivity index (χ2n) is 6.61. The fourth-order valence-electron chi connectivity index (χ4n) is 2.67. The molecule has 0 N–H and O–H groups in total. The van der Waals surface area contributed by atoms with Crippen molar-refractivity contribution in [2.75, 3.05) is 14.2 Å². The number of esters is 2. The van der Waals surface area contributed by atoms with E-state index in [1.165, 1.54) is 20.3 Å². The van der Waals surface area contributed by atoms with Crippen molar-refractivity contribution >= 4 is 57.3 Å². The summed E-state index contributed by atoms with van der Waals surface area (Å²) in [5, 5.41) is 0. The molecule has 32 heavy (non-hydrogen) atoms. The average molecular weight is 518 g/mol. The molecule has 0 saturated heterocycles. The maximum Gasteiger partial charge on any atom is 0.381 e. The van der Waals surface area contributed by atoms with E-state index in [0.717, 1.165) is 6.42 Å². The van der Waals surface area contributed by atoms with Crippen LogP contribution >= 0.6 is 33.2 Å². The molecule has 0 radical (unpaired) electrons. The Morgan fingerprint density at radius 2 is 1.69 bits per heavy atom. The third-order valence-corrected chi connectivity index (χ3v) is 7.63. The monoisotopic (exact) mass is 516 g/mol. The SMILES string of the molecule is CCCC(Oc1ccc(C(=O)Oc2ccc(/C=C/C(=O)OC)c(OC)c2)cc1)[Si](Cl)(Cl)Cl. The molecule has 2 rings (SSSR count). The number of halogens is 3. The molecule has 0 aromatic heterocycles. The Morgan fingerprint density at radius 1 is 1.03 bits per heavy atom. The van der Waals surface area contributed by atoms with E-state index in [0.29, 0.717) is 29.0 Å². The van der Waals surface area contributed by atoms with Crippen LogP contribution in [0.5, 0.6) is 17.2 Å². The first-order valence-corrected chi connectivity index (χ1v) is 14.8. The Hall–Kier alpha value is -2.19. The molecule has 6 nitrogen and oxygen atoms in total. The fourth-order valence-corrected chi connectivity index (χ4v) is 4.94. The predicted octanol–water partition coefficient (Wildman–Crippen LogP) is 5.84. The van der Waals surface area contributed by atoms with Crippen LogP contribution in [0, 0.1) is 0 Å². The first-order valence-electron chi connectivity index (χ1n) is 9.67. The van der Waals surface area contributed by atoms with Crippen molar-refractivity contribution in [2.24, 2.45) is 0 Å². The van der Waals surface area contributed by atoms with E-state index in [9.17, 15) is 9.59 Å². The molecule has 0 fully saturated rings. The lowest BCUT2D eigenvalue weighted by molar-refractivity contribution is -0.134. The zero-order valence-corrected chi connectivity index (χ0v) is 21.0. The zero-order valence-electron chi connectivity index (χ0n) is 17.8. The number of rotatable bonds is 10. The van der Waals surface area contributed by atoms with Gasteiger partial charge in [-0.15, -0.1) is 33.2 Å². The van der Waals surface area contributed by atoms with Crippen molar-refractivity contribution in [3.63, 3.8) is 0 Å². The highest BCUT2D eigenvalue weighted by molar-refractivity contribution is 7.65. The number of hydrogen-bond acceptors (Lipinski definition) is 6. The molecule has 172 valence electrons. The lowest BCUT2D eigenvalue weighted by atomic mass is 10.1. The van der Waals surface area contributed by atoms with Crippen molar-refractivity contribution < 1.29 is 28.5 Å². The Balaban J connectivity index is 2.09. The Morgan fingerprint density at radius 3 is 2.25 bits per heavy atom. The average Bonchev–Trinajstić information content (AvgIpc) is 2.77. The van der Waals surface area contributed by atoms with Crippen LogP contribution in [0.4, 0.5) is 0 Å². The molecule has 1 atom stereocenters. The minimum Gasteiger partial charge on any atom is -0.496 e. The highest BCUT2D eigenvalue weighted by atomic mass is 35.8. The number of ether oxygens (including phenoxy) is 4. The van der Waals surface area contributed by atoms with E-state index < -0.39 is 23.7 Å². The van der Waals surface area contributed by atoms with E-state index in [1.807, 2.05) is 6.92 Å². The van der Waals surface area contributed by atoms with Gasteiger partial charge in [-0.05, 0) is 48.9 Å². The molecule has 2 aromatic rings. The second kappa shape index (κ2) is 12.2. The van der Waals surface area contributed by atoms with Crippen LogP contribution in [-0.4, -0.2) is 37.9 Å². The molecule has 10 heteroatoms. The van der Waals surface area contributed by atoms with Gasteiger partial charge in [0.2, 0.25) is 0 Å². The Kier molecular flexibility index (Phi) is 9.90. The molecule has 0 aliphatic heterocycles. The zero-order chi connectivity index (χ0) is 23.7. The first kappa shape index (κ1) is 26.1. The van der Waals surface area contributed by atoms with Crippen LogP contribution in [0.25, 0.3) is 6.08 Å². The summed E-state index contributed by atoms with van der Waals surface area (Å²) in [6.07, 6.45) is 4.25. The van der Waals surface area contributed by atoms with Crippen molar-refractivity contribution in [3.8, 4) is 17.2 Å². The summed E-state index contributed by atoms with van der Waals surface area (Å²) in [6, 6.07) is 8.17. The van der Waals surface area contributed by atoms with Gasteiger partial charge in [-0.25, -0.2) is 9.59 Å². The first-order chi connectivity index (χ1) is 15.2. The van der Waals surface area contributed by atoms with E-state index in [4.69, 9.17) is 47.4 Å². The van der Waals surface area contributed by atoms with Gasteiger partial charge < -0.3 is 18.9 Å². The Bertz CT molecular complexity index is 957. The standard InChI is InChI=1S/C22H23Cl3O6Si/c1-4-5-21(32(23,24)25)30-17-10-7-16(8-11-17)22(27)31-18-12-6-15(19(14-18)28-2)9-13-20(26)29-3/h6-14,21H,4-5H2,1-3H3/b13-9+. The van der Waals surface area contributed by atoms with Crippen molar-refractivity contribution in [1.82, 2.24) is 0 Å². The van der Waals surface area contributed by atoms with Crippen molar-refractivity contribution in [3.05, 3.63) is 59.7 Å². The highest BCUT2D eigenvalue weighted by Crippen LogP contribution is 2.31. The number of benzene rings is 2. The highest BCUT2D eigenvalue weighted by Gasteiger charge is 2.38. The van der Waals surface area contributed by atoms with Gasteiger partial charge in [0.15, 0.2) is 0 Å². The van der Waals surface area contributed by atoms with Gasteiger partial charge in [0.1, 0.15) is 23.0 Å². The number of methoxy groups -OCH3 is 2. The normalized spacial score (nSPS) is 12.3. The Labute approximate surface area is 202 Å². The van der Waals surface area contributed by atoms with Crippen LogP contribution in [0.1, 0.15) is 35.7 Å². The van der Waals surface area contributed by atoms with E-state index in [2.05, 4.69) is 4.74 Å². The lowest BCUT2D eigenvalue weighted by Crippen LogP contribution is -2.36. The maximum atomic E-state index is 12.5. The summed E-state index contributed by atoms with van der Waals surface area (Å²) in [5.41, 5.74) is 0.469. The molecule has 0 aliphatic rings. The maximum absolute atomic E-state index is 12.5. The molecule has 0 amide bonds. The second-order valence-corrected chi connectivity index (χ2v) is 15.4. The van der Waals surface area contributed by atoms with Crippen LogP contribution in [0.3, 0.4) is 0 Å². The minimum atomic E-state index is -3.04. The van der Waals surface area contributed by atoms with Crippen LogP contribution < -0.4 is 14.2 Å². The van der Waals surface area contributed by atoms with Crippen molar-refractivity contribution in [1.29, 1.82) is 0 Å².